The van der Waals surface area contributed by atoms with Crippen molar-refractivity contribution >= 4 is 24.1 Å². The lowest BCUT2D eigenvalue weighted by Gasteiger charge is -2.21. The molecule has 0 saturated heterocycles. The molecule has 12 heteroatoms. The zero-order chi connectivity index (χ0) is 44.9. The third-order valence-electron chi connectivity index (χ3n) is 7.89. The van der Waals surface area contributed by atoms with E-state index < -0.39 is 47.4 Å². The number of amides is 2. The number of hydrogen-bond donors (Lipinski definition) is 4. The van der Waals surface area contributed by atoms with Crippen LogP contribution < -0.4 is 10.6 Å². The molecule has 2 amide bonds. The van der Waals surface area contributed by atoms with Gasteiger partial charge in [0.1, 0.15) is 11.2 Å². The lowest BCUT2D eigenvalue weighted by Crippen LogP contribution is -2.46. The van der Waals surface area contributed by atoms with E-state index in [2.05, 4.69) is 76.5 Å². The Kier molecular flexibility index (Phi) is 29.8. The Morgan fingerprint density at radius 2 is 0.759 bits per heavy atom. The van der Waals surface area contributed by atoms with E-state index in [1.165, 1.54) is 33.4 Å². The lowest BCUT2D eigenvalue weighted by molar-refractivity contribution is -0.141. The Labute approximate surface area is 350 Å². The van der Waals surface area contributed by atoms with E-state index in [9.17, 15) is 29.4 Å². The molecule has 0 rings (SSSR count). The maximum atomic E-state index is 11.7. The largest absolute Gasteiger partial charge is 0.480 e. The molecule has 0 spiro atoms. The quantitative estimate of drug-likeness (QED) is 0.0543. The second kappa shape index (κ2) is 30.9. The molecular weight excluding hydrogens is 741 g/mol. The zero-order valence-electron chi connectivity index (χ0n) is 38.3. The number of rotatable bonds is 24. The first-order valence-corrected chi connectivity index (χ1v) is 20.3. The third-order valence-corrected chi connectivity index (χ3v) is 7.89. The normalized spacial score (nSPS) is 13.6. The van der Waals surface area contributed by atoms with Crippen molar-refractivity contribution in [2.45, 2.75) is 172 Å². The molecule has 0 aromatic carbocycles. The second-order valence-corrected chi connectivity index (χ2v) is 17.1. The van der Waals surface area contributed by atoms with Crippen LogP contribution in [-0.4, -0.2) is 84.1 Å². The molecule has 58 heavy (non-hydrogen) atoms. The van der Waals surface area contributed by atoms with E-state index in [1.54, 1.807) is 41.5 Å². The minimum absolute atomic E-state index is 0.123. The molecule has 0 saturated carbocycles. The number of carbonyl (C=O) groups excluding carboxylic acids is 2. The maximum absolute atomic E-state index is 11.7. The minimum atomic E-state index is -1.16. The van der Waals surface area contributed by atoms with E-state index in [-0.39, 0.29) is 13.2 Å². The number of alkyl carbamates (subject to hydrolysis) is 2. The van der Waals surface area contributed by atoms with Gasteiger partial charge in [-0.25, -0.2) is 19.2 Å². The summed E-state index contributed by atoms with van der Waals surface area (Å²) in [5, 5.41) is 23.1. The molecule has 332 valence electrons. The van der Waals surface area contributed by atoms with Crippen molar-refractivity contribution in [3.63, 3.8) is 0 Å². The average Bonchev–Trinajstić information content (AvgIpc) is 3.05. The van der Waals surface area contributed by atoms with Crippen molar-refractivity contribution in [3.8, 4) is 0 Å². The van der Waals surface area contributed by atoms with Crippen LogP contribution in [0.4, 0.5) is 9.59 Å². The van der Waals surface area contributed by atoms with Crippen LogP contribution >= 0.6 is 0 Å². The van der Waals surface area contributed by atoms with Gasteiger partial charge in [-0.05, 0) is 148 Å². The average molecular weight is 819 g/mol. The van der Waals surface area contributed by atoms with Crippen LogP contribution in [0.1, 0.15) is 148 Å². The predicted octanol–water partition coefficient (Wildman–Crippen LogP) is 10.8. The summed E-state index contributed by atoms with van der Waals surface area (Å²) in [6.07, 6.45) is 19.5. The number of allylic oxidation sites excluding steroid dienone is 10. The maximum Gasteiger partial charge on any atom is 0.408 e. The summed E-state index contributed by atoms with van der Waals surface area (Å²) >= 11 is 0. The van der Waals surface area contributed by atoms with Crippen LogP contribution in [0.25, 0.3) is 0 Å². The van der Waals surface area contributed by atoms with Gasteiger partial charge in [0, 0.05) is 0 Å². The van der Waals surface area contributed by atoms with Crippen molar-refractivity contribution in [2.24, 2.45) is 0 Å². The fraction of sp³-hybridized carbons (Fsp3) is 0.652. The standard InChI is InChI=1S/2C23H39NO5/c2*1-17(2)10-8-11-18(3)12-9-13-19(4)14-15-28-16-20(21(25)26)24-22(27)29-23(5,6)7/h2*10,12,14,20H,8-9,11,13,15-16H2,1-7H3,(H,24,27)(H,25,26)/b2*18-12+,19-14+/t2*20-/m10/s1. The van der Waals surface area contributed by atoms with Crippen molar-refractivity contribution in [2.75, 3.05) is 26.4 Å². The first-order chi connectivity index (χ1) is 26.8. The molecular formula is C46H78N2O10. The minimum Gasteiger partial charge on any atom is -0.480 e. The fourth-order valence-corrected chi connectivity index (χ4v) is 4.70. The zero-order valence-corrected chi connectivity index (χ0v) is 38.3. The van der Waals surface area contributed by atoms with Crippen LogP contribution in [-0.2, 0) is 28.5 Å². The molecule has 0 fully saturated rings. The molecule has 4 N–H and O–H groups in total. The van der Waals surface area contributed by atoms with Crippen molar-refractivity contribution in [1.82, 2.24) is 10.6 Å². The Morgan fingerprint density at radius 1 is 0.483 bits per heavy atom. The molecule has 0 aromatic heterocycles. The number of ether oxygens (including phenoxy) is 4. The highest BCUT2D eigenvalue weighted by Crippen LogP contribution is 2.13. The molecule has 2 atom stereocenters. The topological polar surface area (TPSA) is 170 Å². The summed E-state index contributed by atoms with van der Waals surface area (Å²) < 4.78 is 21.0. The van der Waals surface area contributed by atoms with Crippen LogP contribution in [0, 0.1) is 0 Å². The van der Waals surface area contributed by atoms with Crippen molar-refractivity contribution in [3.05, 3.63) is 69.9 Å². The third kappa shape index (κ3) is 37.4. The molecule has 0 aromatic rings. The van der Waals surface area contributed by atoms with Gasteiger partial charge in [-0.1, -0.05) is 69.9 Å². The van der Waals surface area contributed by atoms with E-state index >= 15 is 0 Å². The summed E-state index contributed by atoms with van der Waals surface area (Å²) in [6, 6.07) is -2.30. The number of aliphatic carboxylic acids is 2. The number of carboxylic acids is 2. The van der Waals surface area contributed by atoms with Gasteiger partial charge < -0.3 is 39.8 Å². The molecule has 0 radical (unpaired) electrons. The van der Waals surface area contributed by atoms with Crippen LogP contribution in [0.3, 0.4) is 0 Å². The van der Waals surface area contributed by atoms with Crippen LogP contribution in [0.2, 0.25) is 0 Å². The van der Waals surface area contributed by atoms with Crippen molar-refractivity contribution < 1.29 is 48.3 Å². The smallest absolute Gasteiger partial charge is 0.408 e. The second-order valence-electron chi connectivity index (χ2n) is 17.1. The van der Waals surface area contributed by atoms with Gasteiger partial charge >= 0.3 is 24.1 Å². The summed E-state index contributed by atoms with van der Waals surface area (Å²) in [5.74, 6) is -2.32. The lowest BCUT2D eigenvalue weighted by atomic mass is 10.1. The summed E-state index contributed by atoms with van der Waals surface area (Å²) in [5.41, 5.74) is 6.48. The Morgan fingerprint density at radius 3 is 1.02 bits per heavy atom. The highest BCUT2D eigenvalue weighted by Gasteiger charge is 2.25. The molecule has 0 bridgehead atoms. The predicted molar refractivity (Wildman–Crippen MR) is 234 cm³/mol. The highest BCUT2D eigenvalue weighted by atomic mass is 16.6. The van der Waals surface area contributed by atoms with Gasteiger partial charge in [0.25, 0.3) is 0 Å². The van der Waals surface area contributed by atoms with Gasteiger partial charge in [-0.2, -0.15) is 0 Å². The van der Waals surface area contributed by atoms with Gasteiger partial charge in [0.05, 0.1) is 26.4 Å². The van der Waals surface area contributed by atoms with Gasteiger partial charge in [0.2, 0.25) is 0 Å². The summed E-state index contributed by atoms with van der Waals surface area (Å²) in [4.78, 5) is 46.0. The SMILES string of the molecule is CC(C)=CCC/C(C)=C/CC/C(C)=C/COC[C@@H](NC(=O)OC(C)(C)C)C(=O)O.CC(C)=CCC/C(C)=C/CC/C(C)=C/COC[C@H](NC(=O)OC(C)(C)C)C(=O)O. The molecule has 0 heterocycles. The number of hydrogen-bond acceptors (Lipinski definition) is 8. The first-order valence-electron chi connectivity index (χ1n) is 20.3. The molecule has 12 nitrogen and oxygen atoms in total. The fourth-order valence-electron chi connectivity index (χ4n) is 4.70. The molecule has 0 aliphatic carbocycles. The summed E-state index contributed by atoms with van der Waals surface area (Å²) in [7, 11) is 0. The number of carbonyl (C=O) groups is 4. The monoisotopic (exact) mass is 819 g/mol. The molecule has 0 aliphatic heterocycles. The van der Waals surface area contributed by atoms with Gasteiger partial charge in [-0.15, -0.1) is 0 Å². The highest BCUT2D eigenvalue weighted by molar-refractivity contribution is 5.80. The van der Waals surface area contributed by atoms with Gasteiger partial charge in [-0.3, -0.25) is 0 Å². The van der Waals surface area contributed by atoms with Gasteiger partial charge in [0.15, 0.2) is 12.1 Å². The number of carboxylic acid groups (broad SMARTS) is 2. The van der Waals surface area contributed by atoms with E-state index in [1.807, 2.05) is 26.0 Å². The molecule has 0 unspecified atom stereocenters. The van der Waals surface area contributed by atoms with E-state index in [0.29, 0.717) is 13.2 Å². The van der Waals surface area contributed by atoms with E-state index in [4.69, 9.17) is 18.9 Å². The molecule has 0 aliphatic rings. The Bertz CT molecular complexity index is 1320. The Balaban J connectivity index is 0. The van der Waals surface area contributed by atoms with Crippen LogP contribution in [0.5, 0.6) is 0 Å². The number of nitrogens with one attached hydrogen (secondary N) is 2. The van der Waals surface area contributed by atoms with Crippen molar-refractivity contribution in [1.29, 1.82) is 0 Å². The summed E-state index contributed by atoms with van der Waals surface area (Å²) in [6.45, 7) is 27.5. The van der Waals surface area contributed by atoms with Crippen LogP contribution in [0.15, 0.2) is 69.9 Å². The van der Waals surface area contributed by atoms with E-state index in [0.717, 1.165) is 51.4 Å². The first kappa shape index (κ1) is 55.9. The Hall–Kier alpha value is -4.16.